The van der Waals surface area contributed by atoms with E-state index in [2.05, 4.69) is 10.1 Å². The summed E-state index contributed by atoms with van der Waals surface area (Å²) in [6.45, 7) is 1.60. The molecule has 0 unspecified atom stereocenters. The van der Waals surface area contributed by atoms with Crippen molar-refractivity contribution in [1.82, 2.24) is 14.6 Å². The van der Waals surface area contributed by atoms with Crippen LogP contribution >= 0.6 is 0 Å². The molecule has 0 aliphatic carbocycles. The largest absolute Gasteiger partial charge is 0.280 e. The smallest absolute Gasteiger partial charge is 0.233 e. The zero-order chi connectivity index (χ0) is 11.0. The van der Waals surface area contributed by atoms with Crippen molar-refractivity contribution in [3.05, 3.63) is 29.2 Å². The molecule has 2 rings (SSSR count). The first-order valence-corrected chi connectivity index (χ1v) is 4.17. The summed E-state index contributed by atoms with van der Waals surface area (Å²) in [6, 6.07) is 3.11. The molecule has 0 amide bonds. The molecule has 0 aliphatic heterocycles. The van der Waals surface area contributed by atoms with E-state index in [4.69, 9.17) is 5.26 Å². The monoisotopic (exact) mass is 208 g/mol. The number of hydrogen-bond acceptors (Lipinski definition) is 3. The first-order chi connectivity index (χ1) is 7.13. The SMILES string of the molecule is Cc1cc(C(F)F)n2ncc(C#N)c2n1. The second kappa shape index (κ2) is 3.28. The maximum Gasteiger partial charge on any atom is 0.280 e. The molecule has 0 saturated carbocycles. The predicted octanol–water partition coefficient (Wildman–Crippen LogP) is 1.85. The van der Waals surface area contributed by atoms with Crippen LogP contribution in [0.2, 0.25) is 0 Å². The van der Waals surface area contributed by atoms with Gasteiger partial charge in [0.2, 0.25) is 0 Å². The van der Waals surface area contributed by atoms with Crippen molar-refractivity contribution in [2.75, 3.05) is 0 Å². The lowest BCUT2D eigenvalue weighted by molar-refractivity contribution is 0.143. The van der Waals surface area contributed by atoms with E-state index in [1.807, 2.05) is 6.07 Å². The molecule has 0 N–H and O–H groups in total. The number of hydrogen-bond donors (Lipinski definition) is 0. The number of nitrogens with zero attached hydrogens (tertiary/aromatic N) is 4. The van der Waals surface area contributed by atoms with Crippen LogP contribution < -0.4 is 0 Å². The number of aromatic nitrogens is 3. The van der Waals surface area contributed by atoms with Crippen molar-refractivity contribution in [3.8, 4) is 6.07 Å². The van der Waals surface area contributed by atoms with Gasteiger partial charge in [-0.3, -0.25) is 0 Å². The minimum Gasteiger partial charge on any atom is -0.233 e. The Kier molecular flexibility index (Phi) is 2.08. The summed E-state index contributed by atoms with van der Waals surface area (Å²) in [6.07, 6.45) is -1.41. The third-order valence-corrected chi connectivity index (χ3v) is 1.97. The van der Waals surface area contributed by atoms with Gasteiger partial charge in [-0.05, 0) is 13.0 Å². The quantitative estimate of drug-likeness (QED) is 0.718. The lowest BCUT2D eigenvalue weighted by Gasteiger charge is -2.04. The van der Waals surface area contributed by atoms with E-state index in [1.165, 1.54) is 12.3 Å². The molecule has 0 fully saturated rings. The molecule has 0 atom stereocenters. The zero-order valence-corrected chi connectivity index (χ0v) is 7.78. The van der Waals surface area contributed by atoms with Crippen molar-refractivity contribution in [2.45, 2.75) is 13.3 Å². The third-order valence-electron chi connectivity index (χ3n) is 1.97. The lowest BCUT2D eigenvalue weighted by atomic mass is 10.3. The van der Waals surface area contributed by atoms with Gasteiger partial charge in [0.15, 0.2) is 5.65 Å². The average molecular weight is 208 g/mol. The summed E-state index contributed by atoms with van der Waals surface area (Å²) >= 11 is 0. The highest BCUT2D eigenvalue weighted by Gasteiger charge is 2.16. The Bertz CT molecular complexity index is 553. The van der Waals surface area contributed by atoms with E-state index >= 15 is 0 Å². The number of rotatable bonds is 1. The third kappa shape index (κ3) is 1.42. The van der Waals surface area contributed by atoms with Gasteiger partial charge in [0.05, 0.1) is 6.20 Å². The van der Waals surface area contributed by atoms with E-state index < -0.39 is 6.43 Å². The highest BCUT2D eigenvalue weighted by molar-refractivity contribution is 5.54. The molecule has 2 aromatic heterocycles. The summed E-state index contributed by atoms with van der Waals surface area (Å²) in [5.74, 6) is 0. The molecule has 0 aromatic carbocycles. The fourth-order valence-corrected chi connectivity index (χ4v) is 1.35. The van der Waals surface area contributed by atoms with E-state index in [0.717, 1.165) is 4.52 Å². The summed E-state index contributed by atoms with van der Waals surface area (Å²) in [5, 5.41) is 12.4. The Balaban J connectivity index is 2.84. The molecule has 0 aliphatic rings. The molecule has 2 aromatic rings. The van der Waals surface area contributed by atoms with Crippen LogP contribution in [0.25, 0.3) is 5.65 Å². The van der Waals surface area contributed by atoms with Gasteiger partial charge in [-0.15, -0.1) is 0 Å². The topological polar surface area (TPSA) is 54.0 Å². The number of nitriles is 1. The molecule has 76 valence electrons. The van der Waals surface area contributed by atoms with Crippen LogP contribution in [0.4, 0.5) is 8.78 Å². The summed E-state index contributed by atoms with van der Waals surface area (Å²) in [5.41, 5.74) is 0.558. The zero-order valence-electron chi connectivity index (χ0n) is 7.78. The minimum atomic E-state index is -2.64. The van der Waals surface area contributed by atoms with Gasteiger partial charge in [0.1, 0.15) is 17.3 Å². The minimum absolute atomic E-state index is 0.174. The van der Waals surface area contributed by atoms with E-state index in [1.54, 1.807) is 6.92 Å². The van der Waals surface area contributed by atoms with Gasteiger partial charge in [0.25, 0.3) is 6.43 Å². The Morgan fingerprint density at radius 3 is 2.87 bits per heavy atom. The Labute approximate surface area is 83.8 Å². The molecule has 0 saturated heterocycles. The number of halogens is 2. The van der Waals surface area contributed by atoms with E-state index in [0.29, 0.717) is 5.69 Å². The maximum atomic E-state index is 12.6. The summed E-state index contributed by atoms with van der Waals surface area (Å²) in [4.78, 5) is 3.99. The van der Waals surface area contributed by atoms with Gasteiger partial charge in [0, 0.05) is 5.69 Å². The first-order valence-electron chi connectivity index (χ1n) is 4.17. The van der Waals surface area contributed by atoms with E-state index in [9.17, 15) is 8.78 Å². The maximum absolute atomic E-state index is 12.6. The molecule has 4 nitrogen and oxygen atoms in total. The normalized spacial score (nSPS) is 10.9. The van der Waals surface area contributed by atoms with Crippen molar-refractivity contribution in [2.24, 2.45) is 0 Å². The van der Waals surface area contributed by atoms with Crippen molar-refractivity contribution in [1.29, 1.82) is 5.26 Å². The average Bonchev–Trinajstić information content (AvgIpc) is 2.58. The summed E-state index contributed by atoms with van der Waals surface area (Å²) in [7, 11) is 0. The Morgan fingerprint density at radius 1 is 1.53 bits per heavy atom. The van der Waals surface area contributed by atoms with Crippen LogP contribution in [0.5, 0.6) is 0 Å². The molecule has 15 heavy (non-hydrogen) atoms. The summed E-state index contributed by atoms with van der Waals surface area (Å²) < 4.78 is 26.2. The molecule has 2 heterocycles. The number of aryl methyl sites for hydroxylation is 1. The molecule has 0 radical (unpaired) electrons. The van der Waals surface area contributed by atoms with Gasteiger partial charge >= 0.3 is 0 Å². The van der Waals surface area contributed by atoms with Crippen molar-refractivity contribution >= 4 is 5.65 Å². The molecule has 6 heteroatoms. The second-order valence-corrected chi connectivity index (χ2v) is 3.03. The second-order valence-electron chi connectivity index (χ2n) is 3.03. The fourth-order valence-electron chi connectivity index (χ4n) is 1.35. The van der Waals surface area contributed by atoms with Crippen LogP contribution in [0.15, 0.2) is 12.3 Å². The first kappa shape index (κ1) is 9.52. The molecular weight excluding hydrogens is 202 g/mol. The van der Waals surface area contributed by atoms with Gasteiger partial charge < -0.3 is 0 Å². The van der Waals surface area contributed by atoms with Crippen molar-refractivity contribution < 1.29 is 8.78 Å². The van der Waals surface area contributed by atoms with Gasteiger partial charge in [-0.25, -0.2) is 18.3 Å². The van der Waals surface area contributed by atoms with Crippen LogP contribution in [0.1, 0.15) is 23.4 Å². The molecule has 0 bridgehead atoms. The van der Waals surface area contributed by atoms with E-state index in [-0.39, 0.29) is 16.9 Å². The number of fused-ring (bicyclic) bond motifs is 1. The van der Waals surface area contributed by atoms with Gasteiger partial charge in [-0.2, -0.15) is 10.4 Å². The Hall–Kier alpha value is -2.03. The molecule has 0 spiro atoms. The standard InChI is InChI=1S/C9H6F2N4/c1-5-2-7(8(10)11)15-9(14-5)6(3-12)4-13-15/h2,4,8H,1H3. The van der Waals surface area contributed by atoms with Crippen LogP contribution in [0, 0.1) is 18.3 Å². The lowest BCUT2D eigenvalue weighted by Crippen LogP contribution is -2.02. The Morgan fingerprint density at radius 2 is 2.27 bits per heavy atom. The molecular formula is C9H6F2N4. The van der Waals surface area contributed by atoms with Crippen LogP contribution in [0.3, 0.4) is 0 Å². The van der Waals surface area contributed by atoms with Crippen molar-refractivity contribution in [3.63, 3.8) is 0 Å². The van der Waals surface area contributed by atoms with Crippen LogP contribution in [-0.2, 0) is 0 Å². The number of alkyl halides is 2. The van der Waals surface area contributed by atoms with Gasteiger partial charge in [-0.1, -0.05) is 0 Å². The van der Waals surface area contributed by atoms with Crippen LogP contribution in [-0.4, -0.2) is 14.6 Å². The predicted molar refractivity (Wildman–Crippen MR) is 47.4 cm³/mol. The fraction of sp³-hybridized carbons (Fsp3) is 0.222. The highest BCUT2D eigenvalue weighted by Crippen LogP contribution is 2.21. The highest BCUT2D eigenvalue weighted by atomic mass is 19.3.